The first-order valence-corrected chi connectivity index (χ1v) is 17.7. The van der Waals surface area contributed by atoms with Gasteiger partial charge in [0.05, 0.1) is 0 Å². The molecule has 0 N–H and O–H groups in total. The summed E-state index contributed by atoms with van der Waals surface area (Å²) in [4.78, 5) is 1.49. The highest BCUT2D eigenvalue weighted by atomic mass is 19.2. The molecule has 0 unspecified atom stereocenters. The van der Waals surface area contributed by atoms with Gasteiger partial charge in [-0.05, 0) is 12.8 Å². The van der Waals surface area contributed by atoms with E-state index in [1.807, 2.05) is 6.92 Å². The van der Waals surface area contributed by atoms with Gasteiger partial charge in [-0.25, -0.2) is 39.5 Å². The maximum Gasteiger partial charge on any atom is 0.864 e. The van der Waals surface area contributed by atoms with Crippen molar-refractivity contribution in [3.05, 3.63) is 82.7 Å². The fraction of sp³-hybridized carbons (Fsp3) is 0.514. The van der Waals surface area contributed by atoms with Crippen molar-refractivity contribution in [3.63, 3.8) is 0 Å². The summed E-state index contributed by atoms with van der Waals surface area (Å²) in [5, 5.41) is 0. The van der Waals surface area contributed by atoms with E-state index in [0.29, 0.717) is 43.2 Å². The molecule has 0 amide bonds. The van der Waals surface area contributed by atoms with E-state index in [-0.39, 0.29) is 13.1 Å². The predicted molar refractivity (Wildman–Crippen MR) is 179 cm³/mol. The van der Waals surface area contributed by atoms with Gasteiger partial charge in [0, 0.05) is 43.4 Å². The smallest absolute Gasteiger partial charge is 0.489 e. The molecule has 282 valence electrons. The van der Waals surface area contributed by atoms with Crippen LogP contribution in [0.2, 0.25) is 0 Å². The maximum absolute atomic E-state index is 15.7. The molecule has 0 saturated heterocycles. The van der Waals surface area contributed by atoms with E-state index in [0.717, 1.165) is 51.4 Å². The molecule has 14 heteroatoms. The lowest BCUT2D eigenvalue weighted by Gasteiger charge is -2.28. The zero-order chi connectivity index (χ0) is 37.3. The number of unbranched alkanes of at least 4 members (excludes halogenated alkanes) is 13. The standard InChI is InChI=1S/C37H45BF9NO3/c1-3-5-7-9-10-11-12-13-14-15-17-19-48(18-16-8-6-4-2)37-32(24-31(43)35(46)36(37)47)51-38(49-25-20-27(39)33(44)28(40)21-25)50-26-22-29(41)34(45)30(42)23-26/h20-24H,3-19H2,1-2H3. The molecule has 0 saturated carbocycles. The summed E-state index contributed by atoms with van der Waals surface area (Å²) < 4.78 is 145. The largest absolute Gasteiger partial charge is 0.864 e. The van der Waals surface area contributed by atoms with Crippen molar-refractivity contribution in [1.29, 1.82) is 0 Å². The fourth-order valence-electron chi connectivity index (χ4n) is 5.58. The van der Waals surface area contributed by atoms with Crippen LogP contribution in [0.5, 0.6) is 17.2 Å². The maximum atomic E-state index is 15.7. The van der Waals surface area contributed by atoms with Gasteiger partial charge in [0.2, 0.25) is 0 Å². The number of hydrogen-bond acceptors (Lipinski definition) is 4. The summed E-state index contributed by atoms with van der Waals surface area (Å²) in [6.45, 7) is 4.61. The zero-order valence-corrected chi connectivity index (χ0v) is 29.1. The van der Waals surface area contributed by atoms with Gasteiger partial charge in [0.1, 0.15) is 22.9 Å². The van der Waals surface area contributed by atoms with Crippen molar-refractivity contribution in [2.24, 2.45) is 0 Å². The Morgan fingerprint density at radius 3 is 1.20 bits per heavy atom. The Hall–Kier alpha value is -3.71. The highest BCUT2D eigenvalue weighted by Gasteiger charge is 2.35. The molecule has 0 heterocycles. The molecular formula is C37H45BF9NO3. The third-order valence-electron chi connectivity index (χ3n) is 8.33. The Bertz CT molecular complexity index is 1430. The fourth-order valence-corrected chi connectivity index (χ4v) is 5.58. The second-order valence-electron chi connectivity index (χ2n) is 12.5. The van der Waals surface area contributed by atoms with Crippen molar-refractivity contribution in [2.45, 2.75) is 110 Å². The van der Waals surface area contributed by atoms with Crippen LogP contribution in [0.15, 0.2) is 30.3 Å². The molecule has 3 rings (SSSR count). The van der Waals surface area contributed by atoms with Gasteiger partial charge >= 0.3 is 7.32 Å². The number of nitrogens with zero attached hydrogens (tertiary/aromatic N) is 1. The van der Waals surface area contributed by atoms with Crippen LogP contribution in [0.3, 0.4) is 0 Å². The van der Waals surface area contributed by atoms with E-state index >= 15 is 4.39 Å². The van der Waals surface area contributed by atoms with Crippen LogP contribution in [0, 0.1) is 52.4 Å². The Morgan fingerprint density at radius 1 is 0.431 bits per heavy atom. The molecule has 51 heavy (non-hydrogen) atoms. The van der Waals surface area contributed by atoms with Crippen LogP contribution < -0.4 is 18.9 Å². The lowest BCUT2D eigenvalue weighted by atomic mass is 10.1. The number of halogens is 9. The lowest BCUT2D eigenvalue weighted by molar-refractivity contribution is 0.299. The Kier molecular flexibility index (Phi) is 17.7. The van der Waals surface area contributed by atoms with Crippen molar-refractivity contribution in [2.75, 3.05) is 18.0 Å². The molecule has 0 spiro atoms. The number of rotatable bonds is 24. The summed E-state index contributed by atoms with van der Waals surface area (Å²) in [5.41, 5.74) is -0.511. The molecule has 0 atom stereocenters. The van der Waals surface area contributed by atoms with Crippen molar-refractivity contribution < 1.29 is 53.5 Å². The highest BCUT2D eigenvalue weighted by Crippen LogP contribution is 2.36. The van der Waals surface area contributed by atoms with Crippen LogP contribution in [-0.4, -0.2) is 20.4 Å². The summed E-state index contributed by atoms with van der Waals surface area (Å²) in [6, 6.07) is 2.07. The average molecular weight is 734 g/mol. The van der Waals surface area contributed by atoms with Crippen LogP contribution >= 0.6 is 0 Å². The molecule has 0 aromatic heterocycles. The third kappa shape index (κ3) is 13.1. The van der Waals surface area contributed by atoms with Gasteiger partial charge in [-0.3, -0.25) is 0 Å². The number of benzene rings is 3. The second kappa shape index (κ2) is 21.6. The summed E-state index contributed by atoms with van der Waals surface area (Å²) in [6.07, 6.45) is 14.7. The van der Waals surface area contributed by atoms with Crippen LogP contribution in [0.25, 0.3) is 0 Å². The molecular weight excluding hydrogens is 688 g/mol. The molecule has 4 nitrogen and oxygen atoms in total. The molecule has 0 aliphatic carbocycles. The van der Waals surface area contributed by atoms with Crippen molar-refractivity contribution >= 4 is 13.0 Å². The third-order valence-corrected chi connectivity index (χ3v) is 8.33. The first-order chi connectivity index (χ1) is 24.5. The first-order valence-electron chi connectivity index (χ1n) is 17.7. The topological polar surface area (TPSA) is 30.9 Å². The van der Waals surface area contributed by atoms with E-state index in [1.165, 1.54) is 37.0 Å². The summed E-state index contributed by atoms with van der Waals surface area (Å²) in [5.74, 6) is -17.7. The average Bonchev–Trinajstić information content (AvgIpc) is 3.08. The number of hydrogen-bond donors (Lipinski definition) is 0. The first kappa shape index (κ1) is 41.7. The number of anilines is 1. The Balaban J connectivity index is 1.88. The molecule has 0 radical (unpaired) electrons. The monoisotopic (exact) mass is 733 g/mol. The minimum absolute atomic E-state index is 0.214. The van der Waals surface area contributed by atoms with Gasteiger partial charge in [-0.2, -0.15) is 0 Å². The van der Waals surface area contributed by atoms with Crippen LogP contribution in [0.4, 0.5) is 45.2 Å². The lowest BCUT2D eigenvalue weighted by Crippen LogP contribution is -2.38. The van der Waals surface area contributed by atoms with E-state index in [4.69, 9.17) is 14.0 Å². The van der Waals surface area contributed by atoms with Gasteiger partial charge in [0.25, 0.3) is 0 Å². The van der Waals surface area contributed by atoms with E-state index < -0.39 is 82.6 Å². The van der Waals surface area contributed by atoms with E-state index in [2.05, 4.69) is 6.92 Å². The Morgan fingerprint density at radius 2 is 0.784 bits per heavy atom. The molecule has 0 fully saturated rings. The molecule has 0 aliphatic rings. The zero-order valence-electron chi connectivity index (χ0n) is 29.1. The SMILES string of the molecule is CCCCCCCCCCCCCN(CCCCCC)c1c(OB(Oc2cc(F)c(F)c(F)c2)Oc2cc(F)c(F)c(F)c2)cc(F)c(F)c1F. The van der Waals surface area contributed by atoms with Crippen molar-refractivity contribution in [1.82, 2.24) is 0 Å². The van der Waals surface area contributed by atoms with Gasteiger partial charge in [-0.15, -0.1) is 0 Å². The van der Waals surface area contributed by atoms with E-state index in [1.54, 1.807) is 0 Å². The Labute approximate surface area is 294 Å². The van der Waals surface area contributed by atoms with Gasteiger partial charge in [0.15, 0.2) is 52.4 Å². The summed E-state index contributed by atoms with van der Waals surface area (Å²) >= 11 is 0. The molecule has 0 bridgehead atoms. The minimum Gasteiger partial charge on any atom is -0.489 e. The minimum atomic E-state index is -2.33. The summed E-state index contributed by atoms with van der Waals surface area (Å²) in [7, 11) is -2.33. The molecule has 0 aliphatic heterocycles. The predicted octanol–water partition coefficient (Wildman–Crippen LogP) is 12.2. The van der Waals surface area contributed by atoms with E-state index in [9.17, 15) is 35.1 Å². The molecule has 3 aromatic carbocycles. The van der Waals surface area contributed by atoms with Crippen molar-refractivity contribution in [3.8, 4) is 17.2 Å². The normalized spacial score (nSPS) is 11.2. The van der Waals surface area contributed by atoms with Crippen LogP contribution in [0.1, 0.15) is 110 Å². The van der Waals surface area contributed by atoms with Crippen LogP contribution in [-0.2, 0) is 0 Å². The second-order valence-corrected chi connectivity index (χ2v) is 12.5. The highest BCUT2D eigenvalue weighted by molar-refractivity contribution is 6.39. The quantitative estimate of drug-likeness (QED) is 0.0397. The van der Waals surface area contributed by atoms with Gasteiger partial charge in [-0.1, -0.05) is 97.3 Å². The molecule has 3 aromatic rings. The van der Waals surface area contributed by atoms with Gasteiger partial charge < -0.3 is 18.9 Å².